The number of hydrogen-bond acceptors (Lipinski definition) is 4. The molecular weight excluding hydrogens is 687 g/mol. The Balaban J connectivity index is 0.905. The Morgan fingerprint density at radius 2 is 1.50 bits per heavy atom. The average Bonchev–Trinajstić information content (AvgIpc) is 3.77. The van der Waals surface area contributed by atoms with Gasteiger partial charge in [0.1, 0.15) is 0 Å². The molecule has 5 aliphatic carbocycles. The van der Waals surface area contributed by atoms with Gasteiger partial charge in [-0.15, -0.1) is 0 Å². The standard InChI is InChI=1S/C52H77NO3/c1-34(2)18-20-39(38-16-9-6-10-17-38)26-37-24-25-52(30-37)33-50(3)45-27-41-40(42(45)28-47(54)46(50)29-49(52)55)21-22-44-43(41)32-53-31-36(19-23-48(53)51(44,4)56)15-11-14-35-12-7-5-8-13-35/h5-10,12-13,16-17,34,36-37,39-49,54-56H,11,14-15,18-33H2,1-4H3. The van der Waals surface area contributed by atoms with Crippen molar-refractivity contribution in [3.8, 4) is 0 Å². The molecule has 0 amide bonds. The Morgan fingerprint density at radius 1 is 0.732 bits per heavy atom. The van der Waals surface area contributed by atoms with Crippen LogP contribution in [0.25, 0.3) is 0 Å². The van der Waals surface area contributed by atoms with Gasteiger partial charge in [-0.2, -0.15) is 0 Å². The Hall–Kier alpha value is -1.72. The van der Waals surface area contributed by atoms with Crippen molar-refractivity contribution in [2.45, 2.75) is 167 Å². The van der Waals surface area contributed by atoms with E-state index in [4.69, 9.17) is 0 Å². The van der Waals surface area contributed by atoms with Crippen LogP contribution < -0.4 is 0 Å². The summed E-state index contributed by atoms with van der Waals surface area (Å²) < 4.78 is 0. The second-order valence-corrected chi connectivity index (χ2v) is 22.3. The lowest BCUT2D eigenvalue weighted by molar-refractivity contribution is -0.180. The van der Waals surface area contributed by atoms with Crippen molar-refractivity contribution >= 4 is 0 Å². The van der Waals surface area contributed by atoms with Gasteiger partial charge < -0.3 is 15.3 Å². The van der Waals surface area contributed by atoms with E-state index in [-0.39, 0.29) is 29.0 Å². The third kappa shape index (κ3) is 7.19. The summed E-state index contributed by atoms with van der Waals surface area (Å²) in [5, 5.41) is 36.7. The average molecular weight is 764 g/mol. The van der Waals surface area contributed by atoms with Gasteiger partial charge in [0.15, 0.2) is 0 Å². The molecule has 5 saturated carbocycles. The molecule has 9 rings (SSSR count). The first kappa shape index (κ1) is 39.7. The quantitative estimate of drug-likeness (QED) is 0.226. The van der Waals surface area contributed by atoms with Crippen LogP contribution in [0.1, 0.15) is 147 Å². The highest BCUT2D eigenvalue weighted by molar-refractivity contribution is 5.21. The third-order valence-electron chi connectivity index (χ3n) is 18.9. The number of rotatable bonds is 10. The Morgan fingerprint density at radius 3 is 2.27 bits per heavy atom. The highest BCUT2D eigenvalue weighted by Crippen LogP contribution is 2.71. The van der Waals surface area contributed by atoms with Gasteiger partial charge in [0.05, 0.1) is 17.8 Å². The summed E-state index contributed by atoms with van der Waals surface area (Å²) in [7, 11) is 0. The van der Waals surface area contributed by atoms with Crippen molar-refractivity contribution in [1.29, 1.82) is 0 Å². The topological polar surface area (TPSA) is 63.9 Å². The molecule has 3 N–H and O–H groups in total. The largest absolute Gasteiger partial charge is 0.393 e. The van der Waals surface area contributed by atoms with Crippen LogP contribution in [0.4, 0.5) is 0 Å². The predicted molar refractivity (Wildman–Crippen MR) is 228 cm³/mol. The lowest BCUT2D eigenvalue weighted by Crippen LogP contribution is -2.67. The zero-order valence-electron chi connectivity index (χ0n) is 35.6. The molecule has 56 heavy (non-hydrogen) atoms. The van der Waals surface area contributed by atoms with E-state index in [2.05, 4.69) is 93.3 Å². The summed E-state index contributed by atoms with van der Waals surface area (Å²) in [4.78, 5) is 2.79. The van der Waals surface area contributed by atoms with Gasteiger partial charge in [0, 0.05) is 19.1 Å². The van der Waals surface area contributed by atoms with Crippen molar-refractivity contribution in [3.63, 3.8) is 0 Å². The van der Waals surface area contributed by atoms with Crippen LogP contribution in [0.2, 0.25) is 0 Å². The van der Waals surface area contributed by atoms with Crippen molar-refractivity contribution in [3.05, 3.63) is 71.8 Å². The Bertz CT molecular complexity index is 1610. The van der Waals surface area contributed by atoms with Gasteiger partial charge in [-0.25, -0.2) is 0 Å². The molecule has 2 heterocycles. The van der Waals surface area contributed by atoms with E-state index in [1.165, 1.54) is 81.9 Å². The van der Waals surface area contributed by atoms with Crippen LogP contribution in [0.15, 0.2) is 60.7 Å². The van der Waals surface area contributed by atoms with E-state index in [1.807, 2.05) is 0 Å². The van der Waals surface area contributed by atoms with Crippen LogP contribution >= 0.6 is 0 Å². The van der Waals surface area contributed by atoms with Gasteiger partial charge in [-0.3, -0.25) is 4.90 Å². The summed E-state index contributed by atoms with van der Waals surface area (Å²) in [6, 6.07) is 22.6. The molecule has 2 aromatic carbocycles. The minimum Gasteiger partial charge on any atom is -0.393 e. The van der Waals surface area contributed by atoms with Crippen LogP contribution in [0, 0.1) is 70.0 Å². The maximum absolute atomic E-state index is 12.5. The molecule has 4 nitrogen and oxygen atoms in total. The van der Waals surface area contributed by atoms with Crippen LogP contribution in [-0.4, -0.2) is 57.2 Å². The van der Waals surface area contributed by atoms with Gasteiger partial charge in [0.25, 0.3) is 0 Å². The normalized spacial score (nSPS) is 45.1. The molecule has 16 unspecified atom stereocenters. The van der Waals surface area contributed by atoms with E-state index >= 15 is 0 Å². The lowest BCUT2D eigenvalue weighted by atomic mass is 9.46. The van der Waals surface area contributed by atoms with Crippen molar-refractivity contribution in [2.75, 3.05) is 13.1 Å². The molecule has 0 radical (unpaired) electrons. The Kier molecular flexibility index (Phi) is 11.1. The highest BCUT2D eigenvalue weighted by atomic mass is 16.3. The number of nitrogens with zero attached hydrogens (tertiary/aromatic N) is 1. The highest BCUT2D eigenvalue weighted by Gasteiger charge is 2.67. The molecule has 2 aromatic rings. The van der Waals surface area contributed by atoms with Crippen LogP contribution in [0.5, 0.6) is 0 Å². The van der Waals surface area contributed by atoms with E-state index in [9.17, 15) is 15.3 Å². The van der Waals surface area contributed by atoms with Crippen LogP contribution in [-0.2, 0) is 6.42 Å². The molecule has 0 bridgehead atoms. The number of aliphatic hydroxyl groups excluding tert-OH is 2. The zero-order valence-corrected chi connectivity index (χ0v) is 35.6. The molecule has 7 aliphatic rings. The number of fused-ring (bicyclic) bond motifs is 8. The molecule has 2 saturated heterocycles. The predicted octanol–water partition coefficient (Wildman–Crippen LogP) is 10.7. The summed E-state index contributed by atoms with van der Waals surface area (Å²) in [6.45, 7) is 11.9. The maximum atomic E-state index is 12.5. The number of aliphatic hydroxyl groups is 3. The molecule has 308 valence electrons. The summed E-state index contributed by atoms with van der Waals surface area (Å²) in [5.41, 5.74) is 2.42. The first-order chi connectivity index (χ1) is 26.9. The van der Waals surface area contributed by atoms with Gasteiger partial charge >= 0.3 is 0 Å². The SMILES string of the molecule is CC(C)CCC(CC1CCC2(C1)CC1(C)C(CC2O)C(O)CC2C3CCC4C(CN5CC(CCCc6ccccc6)CCC5C4(C)O)C3CC21)c1ccccc1. The van der Waals surface area contributed by atoms with E-state index in [0.717, 1.165) is 63.3 Å². The van der Waals surface area contributed by atoms with Crippen molar-refractivity contribution in [2.24, 2.45) is 70.0 Å². The number of hydrogen-bond donors (Lipinski definition) is 3. The number of benzene rings is 2. The first-order valence-electron chi connectivity index (χ1n) is 23.9. The fourth-order valence-corrected chi connectivity index (χ4v) is 16.4. The minimum absolute atomic E-state index is 0.00182. The molecule has 7 fully saturated rings. The molecule has 0 aromatic heterocycles. The molecule has 4 heteroatoms. The number of piperidine rings is 2. The van der Waals surface area contributed by atoms with Crippen molar-refractivity contribution < 1.29 is 15.3 Å². The summed E-state index contributed by atoms with van der Waals surface area (Å²) >= 11 is 0. The van der Waals surface area contributed by atoms with Gasteiger partial charge in [-0.1, -0.05) is 87.9 Å². The third-order valence-corrected chi connectivity index (χ3v) is 18.9. The maximum Gasteiger partial charge on any atom is 0.0805 e. The Labute approximate surface area is 340 Å². The van der Waals surface area contributed by atoms with Gasteiger partial charge in [0.2, 0.25) is 0 Å². The van der Waals surface area contributed by atoms with E-state index in [1.54, 1.807) is 0 Å². The fraction of sp³-hybridized carbons (Fsp3) is 0.769. The van der Waals surface area contributed by atoms with Gasteiger partial charge in [-0.05, 0) is 197 Å². The first-order valence-corrected chi connectivity index (χ1v) is 23.9. The molecule has 1 spiro atoms. The molecular formula is C52H77NO3. The minimum atomic E-state index is -0.618. The van der Waals surface area contributed by atoms with Crippen molar-refractivity contribution in [1.82, 2.24) is 4.90 Å². The van der Waals surface area contributed by atoms with E-state index in [0.29, 0.717) is 53.4 Å². The fourth-order valence-electron chi connectivity index (χ4n) is 16.4. The molecule has 16 atom stereocenters. The summed E-state index contributed by atoms with van der Waals surface area (Å²) in [5.74, 6) is 6.46. The lowest BCUT2D eigenvalue weighted by Gasteiger charge is -2.60. The second kappa shape index (κ2) is 15.7. The van der Waals surface area contributed by atoms with Crippen LogP contribution in [0.3, 0.4) is 0 Å². The number of aryl methyl sites for hydroxylation is 1. The zero-order chi connectivity index (χ0) is 38.8. The summed E-state index contributed by atoms with van der Waals surface area (Å²) in [6.07, 6.45) is 19.4. The monoisotopic (exact) mass is 764 g/mol. The smallest absolute Gasteiger partial charge is 0.0805 e. The molecule has 2 aliphatic heterocycles. The second-order valence-electron chi connectivity index (χ2n) is 22.3. The van der Waals surface area contributed by atoms with E-state index < -0.39 is 5.60 Å².